The van der Waals surface area contributed by atoms with Crippen LogP contribution in [0.2, 0.25) is 10.0 Å². The average Bonchev–Trinajstić information content (AvgIpc) is 3.73. The van der Waals surface area contributed by atoms with Crippen LogP contribution in [0.4, 0.5) is 27.7 Å². The molecule has 1 unspecified atom stereocenters. The zero-order chi connectivity index (χ0) is 33.6. The van der Waals surface area contributed by atoms with Crippen molar-refractivity contribution in [2.45, 2.75) is 57.7 Å². The van der Waals surface area contributed by atoms with E-state index in [4.69, 9.17) is 23.2 Å². The van der Waals surface area contributed by atoms with E-state index in [-0.39, 0.29) is 49.1 Å². The maximum absolute atomic E-state index is 15.5. The number of rotatable bonds is 7. The standard InChI is InChI=1S/C33H30Cl2F4N4O3S/c1-17(31(45)46)12-22-24(34)13-19(14-25(22)35)29(44)41-32-40-28(21-8-5-9-23(27(21)36)33(37,38)39)30(47-32)42-15-18-10-11-43(26(18)16-42)20-6-3-2-4-7-20/h5,8-9,12-14,16,18,20H,2-4,6-7,10-11,15H2,1H3,(H,45,46)(H,40,41,44). The molecule has 3 aromatic rings. The minimum Gasteiger partial charge on any atom is -0.478 e. The molecule has 6 rings (SSSR count). The lowest BCUT2D eigenvalue weighted by Crippen LogP contribution is -2.33. The highest BCUT2D eigenvalue weighted by Gasteiger charge is 2.40. The molecular weight excluding hydrogens is 679 g/mol. The molecule has 3 aliphatic rings. The number of nitrogens with zero attached hydrogens (tertiary/aromatic N) is 3. The number of amides is 1. The Morgan fingerprint density at radius 2 is 1.81 bits per heavy atom. The minimum atomic E-state index is -4.91. The lowest BCUT2D eigenvalue weighted by atomic mass is 9.94. The van der Waals surface area contributed by atoms with E-state index in [1.807, 2.05) is 11.1 Å². The van der Waals surface area contributed by atoms with Gasteiger partial charge in [-0.3, -0.25) is 10.1 Å². The Kier molecular flexibility index (Phi) is 9.30. The lowest BCUT2D eigenvalue weighted by molar-refractivity contribution is -0.140. The van der Waals surface area contributed by atoms with Gasteiger partial charge in [-0.25, -0.2) is 14.2 Å². The van der Waals surface area contributed by atoms with E-state index in [1.54, 1.807) is 0 Å². The predicted octanol–water partition coefficient (Wildman–Crippen LogP) is 9.33. The van der Waals surface area contributed by atoms with Gasteiger partial charge in [0.25, 0.3) is 5.91 Å². The first-order valence-corrected chi connectivity index (χ1v) is 16.7. The van der Waals surface area contributed by atoms with Crippen LogP contribution in [0.1, 0.15) is 66.9 Å². The molecule has 2 fully saturated rings. The molecule has 2 aromatic carbocycles. The summed E-state index contributed by atoms with van der Waals surface area (Å²) in [5.41, 5.74) is -0.344. The van der Waals surface area contributed by atoms with Crippen LogP contribution in [-0.4, -0.2) is 46.0 Å². The first-order chi connectivity index (χ1) is 22.3. The number of carboxylic acids is 1. The van der Waals surface area contributed by atoms with Crippen molar-refractivity contribution in [3.05, 3.63) is 80.4 Å². The maximum atomic E-state index is 15.5. The highest BCUT2D eigenvalue weighted by Crippen LogP contribution is 2.47. The summed E-state index contributed by atoms with van der Waals surface area (Å²) in [5, 5.41) is 12.4. The number of carbonyl (C=O) groups excluding carboxylic acids is 1. The fraction of sp³-hybridized carbons (Fsp3) is 0.364. The number of fused-ring (bicyclic) bond motifs is 1. The molecule has 2 N–H and O–H groups in total. The van der Waals surface area contributed by atoms with Gasteiger partial charge in [0.15, 0.2) is 5.13 Å². The summed E-state index contributed by atoms with van der Waals surface area (Å²) >= 11 is 13.7. The Bertz CT molecular complexity index is 1780. The molecule has 0 bridgehead atoms. The van der Waals surface area contributed by atoms with Crippen LogP contribution >= 0.6 is 34.5 Å². The Morgan fingerprint density at radius 1 is 1.11 bits per heavy atom. The van der Waals surface area contributed by atoms with E-state index in [2.05, 4.69) is 15.2 Å². The van der Waals surface area contributed by atoms with Crippen molar-refractivity contribution in [2.75, 3.05) is 23.3 Å². The largest absolute Gasteiger partial charge is 0.478 e. The number of hydrogen-bond donors (Lipinski definition) is 2. The van der Waals surface area contributed by atoms with Crippen molar-refractivity contribution < 1.29 is 32.3 Å². The molecule has 3 heterocycles. The van der Waals surface area contributed by atoms with E-state index in [0.29, 0.717) is 23.7 Å². The van der Waals surface area contributed by atoms with Crippen molar-refractivity contribution in [1.82, 2.24) is 9.88 Å². The van der Waals surface area contributed by atoms with Crippen molar-refractivity contribution in [1.29, 1.82) is 0 Å². The third-order valence-corrected chi connectivity index (χ3v) is 10.5. The first kappa shape index (κ1) is 33.3. The van der Waals surface area contributed by atoms with Crippen molar-refractivity contribution in [3.63, 3.8) is 0 Å². The van der Waals surface area contributed by atoms with Gasteiger partial charge >= 0.3 is 12.1 Å². The summed E-state index contributed by atoms with van der Waals surface area (Å²) in [6, 6.07) is 6.15. The van der Waals surface area contributed by atoms with Crippen LogP contribution in [0.5, 0.6) is 0 Å². The van der Waals surface area contributed by atoms with Gasteiger partial charge in [0.05, 0.1) is 15.6 Å². The number of thiazole rings is 1. The second-order valence-electron chi connectivity index (χ2n) is 12.0. The van der Waals surface area contributed by atoms with Crippen LogP contribution < -0.4 is 10.2 Å². The molecule has 1 aliphatic carbocycles. The van der Waals surface area contributed by atoms with Crippen molar-refractivity contribution in [3.8, 4) is 11.3 Å². The molecule has 1 amide bonds. The SMILES string of the molecule is CC(=Cc1c(Cl)cc(C(=O)Nc2nc(-c3cccc(C(F)(F)F)c3F)c(N3C=C4C(CCN4C4CCCCC4)C3)s2)cc1Cl)C(=O)O. The van der Waals surface area contributed by atoms with Crippen LogP contribution in [-0.2, 0) is 11.0 Å². The van der Waals surface area contributed by atoms with Gasteiger partial charge in [-0.1, -0.05) is 59.9 Å². The van der Waals surface area contributed by atoms with Gasteiger partial charge < -0.3 is 14.9 Å². The number of benzene rings is 2. The maximum Gasteiger partial charge on any atom is 0.419 e. The van der Waals surface area contributed by atoms with Gasteiger partial charge in [0.2, 0.25) is 0 Å². The molecule has 248 valence electrons. The van der Waals surface area contributed by atoms with Crippen LogP contribution in [0.3, 0.4) is 0 Å². The number of likely N-dealkylation sites (tertiary alicyclic amines) is 1. The fourth-order valence-electron chi connectivity index (χ4n) is 6.52. The molecule has 14 heteroatoms. The normalized spacial score (nSPS) is 18.8. The van der Waals surface area contributed by atoms with Gasteiger partial charge in [0, 0.05) is 59.2 Å². The minimum absolute atomic E-state index is 0.0152. The van der Waals surface area contributed by atoms with Gasteiger partial charge in [-0.15, -0.1) is 0 Å². The predicted molar refractivity (Wildman–Crippen MR) is 175 cm³/mol. The third-order valence-electron chi connectivity index (χ3n) is 8.88. The molecule has 1 saturated carbocycles. The van der Waals surface area contributed by atoms with Crippen molar-refractivity contribution in [2.24, 2.45) is 5.92 Å². The van der Waals surface area contributed by atoms with Gasteiger partial charge in [-0.2, -0.15) is 13.2 Å². The summed E-state index contributed by atoms with van der Waals surface area (Å²) in [4.78, 5) is 33.4. The number of aliphatic carboxylic acids is 1. The molecular formula is C33H30Cl2F4N4O3S. The first-order valence-electron chi connectivity index (χ1n) is 15.2. The number of carboxylic acid groups (broad SMARTS) is 1. The summed E-state index contributed by atoms with van der Waals surface area (Å²) in [6.45, 7) is 2.87. The topological polar surface area (TPSA) is 85.8 Å². The Balaban J connectivity index is 1.36. The molecule has 2 aliphatic heterocycles. The molecule has 7 nitrogen and oxygen atoms in total. The van der Waals surface area contributed by atoms with E-state index in [0.717, 1.165) is 43.2 Å². The lowest BCUT2D eigenvalue weighted by Gasteiger charge is -2.33. The number of aromatic nitrogens is 1. The Labute approximate surface area is 282 Å². The molecule has 1 atom stereocenters. The summed E-state index contributed by atoms with van der Waals surface area (Å²) in [5.74, 6) is -3.06. The van der Waals surface area contributed by atoms with Crippen molar-refractivity contribution >= 4 is 62.6 Å². The number of anilines is 2. The Morgan fingerprint density at radius 3 is 2.47 bits per heavy atom. The zero-order valence-electron chi connectivity index (χ0n) is 25.1. The molecule has 0 radical (unpaired) electrons. The second kappa shape index (κ2) is 13.1. The summed E-state index contributed by atoms with van der Waals surface area (Å²) < 4.78 is 56.6. The van der Waals surface area contributed by atoms with E-state index < -0.39 is 29.4 Å². The van der Waals surface area contributed by atoms with Crippen LogP contribution in [0.25, 0.3) is 17.3 Å². The fourth-order valence-corrected chi connectivity index (χ4v) is 8.08. The number of carbonyl (C=O) groups is 2. The number of alkyl halides is 3. The molecule has 1 aromatic heterocycles. The summed E-state index contributed by atoms with van der Waals surface area (Å²) in [7, 11) is 0. The zero-order valence-corrected chi connectivity index (χ0v) is 27.5. The number of hydrogen-bond acceptors (Lipinski definition) is 6. The average molecular weight is 710 g/mol. The molecule has 0 spiro atoms. The van der Waals surface area contributed by atoms with Crippen LogP contribution in [0.15, 0.2) is 47.8 Å². The smallest absolute Gasteiger partial charge is 0.419 e. The van der Waals surface area contributed by atoms with Gasteiger partial charge in [-0.05, 0) is 56.5 Å². The molecule has 1 saturated heterocycles. The van der Waals surface area contributed by atoms with E-state index >= 15 is 4.39 Å². The highest BCUT2D eigenvalue weighted by molar-refractivity contribution is 7.20. The number of halogens is 6. The summed E-state index contributed by atoms with van der Waals surface area (Å²) in [6.07, 6.45) is 5.12. The van der Waals surface area contributed by atoms with E-state index in [9.17, 15) is 27.9 Å². The monoisotopic (exact) mass is 708 g/mol. The number of nitrogens with one attached hydrogen (secondary N) is 1. The van der Waals surface area contributed by atoms with Gasteiger partial charge in [0.1, 0.15) is 16.5 Å². The highest BCUT2D eigenvalue weighted by atomic mass is 35.5. The van der Waals surface area contributed by atoms with E-state index in [1.165, 1.54) is 56.2 Å². The second-order valence-corrected chi connectivity index (χ2v) is 13.7. The van der Waals surface area contributed by atoms with Crippen LogP contribution in [0, 0.1) is 11.7 Å². The third kappa shape index (κ3) is 6.73. The quantitative estimate of drug-likeness (QED) is 0.188. The molecule has 47 heavy (non-hydrogen) atoms. The Hall–Kier alpha value is -3.61.